The fourth-order valence-electron chi connectivity index (χ4n) is 3.63. The molecule has 1 atom stereocenters. The number of hydrogen-bond acceptors (Lipinski definition) is 2. The van der Waals surface area contributed by atoms with Gasteiger partial charge in [-0.3, -0.25) is 9.48 Å². The summed E-state index contributed by atoms with van der Waals surface area (Å²) >= 11 is 0. The molecule has 4 nitrogen and oxygen atoms in total. The van der Waals surface area contributed by atoms with E-state index in [-0.39, 0.29) is 11.8 Å². The fourth-order valence-corrected chi connectivity index (χ4v) is 3.63. The summed E-state index contributed by atoms with van der Waals surface area (Å²) in [5.41, 5.74) is 4.78. The van der Waals surface area contributed by atoms with Crippen molar-refractivity contribution < 1.29 is 4.79 Å². The van der Waals surface area contributed by atoms with Crippen LogP contribution < -0.4 is 5.32 Å². The van der Waals surface area contributed by atoms with Crippen LogP contribution in [0, 0.1) is 6.92 Å². The van der Waals surface area contributed by atoms with Gasteiger partial charge in [-0.25, -0.2) is 0 Å². The smallest absolute Gasteiger partial charge is 0.226 e. The van der Waals surface area contributed by atoms with Crippen LogP contribution in [0.3, 0.4) is 0 Å². The highest BCUT2D eigenvalue weighted by Crippen LogP contribution is 2.36. The second-order valence-electron chi connectivity index (χ2n) is 6.63. The third-order valence-electron chi connectivity index (χ3n) is 4.85. The summed E-state index contributed by atoms with van der Waals surface area (Å²) in [6, 6.07) is 20.6. The number of amides is 1. The van der Waals surface area contributed by atoms with Gasteiger partial charge in [0.05, 0.1) is 6.54 Å². The third-order valence-corrected chi connectivity index (χ3v) is 4.85. The van der Waals surface area contributed by atoms with Crippen molar-refractivity contribution in [2.24, 2.45) is 0 Å². The van der Waals surface area contributed by atoms with E-state index in [1.54, 1.807) is 0 Å². The summed E-state index contributed by atoms with van der Waals surface area (Å²) in [6.45, 7) is 2.82. The molecule has 1 amide bonds. The molecule has 1 unspecified atom stereocenters. The second kappa shape index (κ2) is 6.55. The molecule has 1 aliphatic heterocycles. The zero-order chi connectivity index (χ0) is 17.2. The zero-order valence-corrected chi connectivity index (χ0v) is 14.3. The van der Waals surface area contributed by atoms with Gasteiger partial charge in [-0.15, -0.1) is 0 Å². The van der Waals surface area contributed by atoms with Crippen molar-refractivity contribution >= 4 is 11.7 Å². The first-order valence-corrected chi connectivity index (χ1v) is 8.65. The molecule has 0 aliphatic carbocycles. The molecule has 1 aromatic heterocycles. The maximum absolute atomic E-state index is 12.1. The predicted octanol–water partition coefficient (Wildman–Crippen LogP) is 3.91. The minimum Gasteiger partial charge on any atom is -0.309 e. The van der Waals surface area contributed by atoms with Crippen LogP contribution in [-0.2, 0) is 17.8 Å². The molecular weight excluding hydrogens is 310 g/mol. The first-order chi connectivity index (χ1) is 12.2. The second-order valence-corrected chi connectivity index (χ2v) is 6.63. The number of carbonyl (C=O) groups is 1. The summed E-state index contributed by atoms with van der Waals surface area (Å²) in [4.78, 5) is 12.1. The Morgan fingerprint density at radius 2 is 1.68 bits per heavy atom. The van der Waals surface area contributed by atoms with Gasteiger partial charge in [-0.2, -0.15) is 5.10 Å². The number of aromatic nitrogens is 2. The van der Waals surface area contributed by atoms with Gasteiger partial charge in [0.15, 0.2) is 5.82 Å². The monoisotopic (exact) mass is 331 g/mol. The van der Waals surface area contributed by atoms with Crippen LogP contribution in [0.15, 0.2) is 60.7 Å². The molecule has 0 radical (unpaired) electrons. The molecule has 4 rings (SSSR count). The van der Waals surface area contributed by atoms with Gasteiger partial charge in [0.1, 0.15) is 0 Å². The SMILES string of the molecule is Cc1c2c(nn1Cc1ccccc1)NC(=O)CC2Cc1ccccc1. The summed E-state index contributed by atoms with van der Waals surface area (Å²) < 4.78 is 2.00. The van der Waals surface area contributed by atoms with Crippen LogP contribution in [0.4, 0.5) is 5.82 Å². The van der Waals surface area contributed by atoms with Gasteiger partial charge in [0, 0.05) is 23.6 Å². The Labute approximate surface area is 147 Å². The van der Waals surface area contributed by atoms with E-state index < -0.39 is 0 Å². The van der Waals surface area contributed by atoms with E-state index in [9.17, 15) is 4.79 Å². The molecule has 0 fully saturated rings. The molecule has 1 N–H and O–H groups in total. The summed E-state index contributed by atoms with van der Waals surface area (Å²) in [5.74, 6) is 0.957. The lowest BCUT2D eigenvalue weighted by Gasteiger charge is -2.22. The lowest BCUT2D eigenvalue weighted by atomic mass is 9.86. The molecule has 2 heterocycles. The molecule has 2 aromatic carbocycles. The molecule has 4 heteroatoms. The highest BCUT2D eigenvalue weighted by atomic mass is 16.1. The minimum absolute atomic E-state index is 0.0535. The summed E-state index contributed by atoms with van der Waals surface area (Å²) in [7, 11) is 0. The predicted molar refractivity (Wildman–Crippen MR) is 98.6 cm³/mol. The van der Waals surface area contributed by atoms with E-state index in [2.05, 4.69) is 41.6 Å². The third kappa shape index (κ3) is 3.20. The average molecular weight is 331 g/mol. The van der Waals surface area contributed by atoms with Crippen molar-refractivity contribution in [3.05, 3.63) is 83.0 Å². The fraction of sp³-hybridized carbons (Fsp3) is 0.238. The highest BCUT2D eigenvalue weighted by molar-refractivity contribution is 5.93. The number of nitrogens with one attached hydrogen (secondary N) is 1. The Morgan fingerprint density at radius 1 is 1.04 bits per heavy atom. The Morgan fingerprint density at radius 3 is 2.36 bits per heavy atom. The Hall–Kier alpha value is -2.88. The minimum atomic E-state index is 0.0535. The van der Waals surface area contributed by atoms with Gasteiger partial charge in [-0.1, -0.05) is 60.7 Å². The van der Waals surface area contributed by atoms with Crippen LogP contribution in [-0.4, -0.2) is 15.7 Å². The summed E-state index contributed by atoms with van der Waals surface area (Å²) in [6.07, 6.45) is 1.37. The van der Waals surface area contributed by atoms with Gasteiger partial charge in [0.25, 0.3) is 0 Å². The van der Waals surface area contributed by atoms with E-state index >= 15 is 0 Å². The normalized spacial score (nSPS) is 16.4. The maximum atomic E-state index is 12.1. The number of fused-ring (bicyclic) bond motifs is 1. The number of anilines is 1. The first kappa shape index (κ1) is 15.6. The molecule has 0 saturated heterocycles. The summed E-state index contributed by atoms with van der Waals surface area (Å²) in [5, 5.41) is 7.62. The van der Waals surface area contributed by atoms with E-state index in [1.807, 2.05) is 41.1 Å². The van der Waals surface area contributed by atoms with Gasteiger partial charge >= 0.3 is 0 Å². The van der Waals surface area contributed by atoms with Crippen LogP contribution in [0.2, 0.25) is 0 Å². The zero-order valence-electron chi connectivity index (χ0n) is 14.3. The quantitative estimate of drug-likeness (QED) is 0.788. The Bertz CT molecular complexity index is 884. The molecule has 0 bridgehead atoms. The molecular formula is C21H21N3O. The van der Waals surface area contributed by atoms with Crippen LogP contribution >= 0.6 is 0 Å². The van der Waals surface area contributed by atoms with E-state index in [0.717, 1.165) is 17.9 Å². The van der Waals surface area contributed by atoms with Crippen molar-refractivity contribution in [1.82, 2.24) is 9.78 Å². The first-order valence-electron chi connectivity index (χ1n) is 8.65. The lowest BCUT2D eigenvalue weighted by Crippen LogP contribution is -2.24. The average Bonchev–Trinajstić information content (AvgIpc) is 2.92. The lowest BCUT2D eigenvalue weighted by molar-refractivity contribution is -0.116. The van der Waals surface area contributed by atoms with Crippen molar-refractivity contribution in [1.29, 1.82) is 0 Å². The van der Waals surface area contributed by atoms with Crippen molar-refractivity contribution in [2.45, 2.75) is 32.2 Å². The number of benzene rings is 2. The number of hydrogen-bond donors (Lipinski definition) is 1. The van der Waals surface area contributed by atoms with Crippen LogP contribution in [0.1, 0.15) is 34.7 Å². The largest absolute Gasteiger partial charge is 0.309 e. The van der Waals surface area contributed by atoms with Crippen molar-refractivity contribution in [3.63, 3.8) is 0 Å². The van der Waals surface area contributed by atoms with E-state index in [4.69, 9.17) is 0 Å². The van der Waals surface area contributed by atoms with Gasteiger partial charge < -0.3 is 5.32 Å². The number of carbonyl (C=O) groups excluding carboxylic acids is 1. The topological polar surface area (TPSA) is 46.9 Å². The van der Waals surface area contributed by atoms with E-state index in [1.165, 1.54) is 16.7 Å². The molecule has 126 valence electrons. The highest BCUT2D eigenvalue weighted by Gasteiger charge is 2.30. The molecule has 0 spiro atoms. The maximum Gasteiger partial charge on any atom is 0.226 e. The standard InChI is InChI=1S/C21H21N3O/c1-15-20-18(12-16-8-4-2-5-9-16)13-19(25)22-21(20)23-24(15)14-17-10-6-3-7-11-17/h2-11,18H,12-14H2,1H3,(H,22,23,25). The molecule has 25 heavy (non-hydrogen) atoms. The van der Waals surface area contributed by atoms with E-state index in [0.29, 0.717) is 13.0 Å². The molecule has 0 saturated carbocycles. The number of nitrogens with zero attached hydrogens (tertiary/aromatic N) is 2. The molecule has 3 aromatic rings. The van der Waals surface area contributed by atoms with Crippen LogP contribution in [0.25, 0.3) is 0 Å². The van der Waals surface area contributed by atoms with Crippen molar-refractivity contribution in [3.8, 4) is 0 Å². The van der Waals surface area contributed by atoms with Crippen LogP contribution in [0.5, 0.6) is 0 Å². The van der Waals surface area contributed by atoms with Crippen molar-refractivity contribution in [2.75, 3.05) is 5.32 Å². The van der Waals surface area contributed by atoms with Gasteiger partial charge in [0.2, 0.25) is 5.91 Å². The Kier molecular flexibility index (Phi) is 4.10. The number of rotatable bonds is 4. The van der Waals surface area contributed by atoms with Gasteiger partial charge in [-0.05, 0) is 24.5 Å². The molecule has 1 aliphatic rings. The Balaban J connectivity index is 1.67.